The Morgan fingerprint density at radius 1 is 1.04 bits per heavy atom. The highest BCUT2D eigenvalue weighted by Gasteiger charge is 2.05. The van der Waals surface area contributed by atoms with Gasteiger partial charge in [-0.3, -0.25) is 0 Å². The summed E-state index contributed by atoms with van der Waals surface area (Å²) < 4.78 is 26.0. The second-order valence-corrected chi connectivity index (χ2v) is 6.27. The van der Waals surface area contributed by atoms with Crippen LogP contribution in [0.25, 0.3) is 10.6 Å². The molecule has 118 valence electrons. The number of thiazole rings is 1. The third kappa shape index (κ3) is 4.13. The van der Waals surface area contributed by atoms with Gasteiger partial charge in [0.1, 0.15) is 16.6 Å². The molecule has 1 N–H and O–H groups in total. The number of nitrogens with zero attached hydrogens (tertiary/aromatic N) is 1. The third-order valence-corrected chi connectivity index (χ3v) is 4.49. The summed E-state index contributed by atoms with van der Waals surface area (Å²) in [5, 5.41) is 6.18. The van der Waals surface area contributed by atoms with E-state index in [0.29, 0.717) is 13.1 Å². The van der Waals surface area contributed by atoms with Crippen molar-refractivity contribution in [1.29, 1.82) is 0 Å². The van der Waals surface area contributed by atoms with Crippen molar-refractivity contribution >= 4 is 22.9 Å². The van der Waals surface area contributed by atoms with E-state index in [9.17, 15) is 8.78 Å². The van der Waals surface area contributed by atoms with E-state index in [4.69, 9.17) is 11.6 Å². The molecule has 6 heteroatoms. The molecule has 23 heavy (non-hydrogen) atoms. The van der Waals surface area contributed by atoms with Crippen molar-refractivity contribution in [2.45, 2.75) is 13.1 Å². The van der Waals surface area contributed by atoms with Gasteiger partial charge in [-0.2, -0.15) is 0 Å². The SMILES string of the molecule is Fc1ccc(-c2nc(CNCc3ccc(F)c(Cl)c3)cs2)cc1. The Morgan fingerprint density at radius 3 is 2.57 bits per heavy atom. The summed E-state index contributed by atoms with van der Waals surface area (Å²) in [4.78, 5) is 4.52. The topological polar surface area (TPSA) is 24.9 Å². The van der Waals surface area contributed by atoms with E-state index in [2.05, 4.69) is 10.3 Å². The molecule has 1 heterocycles. The molecule has 3 aromatic rings. The van der Waals surface area contributed by atoms with Gasteiger partial charge in [0.05, 0.1) is 10.7 Å². The van der Waals surface area contributed by atoms with Gasteiger partial charge in [0.2, 0.25) is 0 Å². The molecular weight excluding hydrogens is 338 g/mol. The summed E-state index contributed by atoms with van der Waals surface area (Å²) >= 11 is 7.27. The largest absolute Gasteiger partial charge is 0.307 e. The average molecular weight is 351 g/mol. The van der Waals surface area contributed by atoms with E-state index in [0.717, 1.165) is 21.8 Å². The highest BCUT2D eigenvalue weighted by atomic mass is 35.5. The maximum atomic E-state index is 13.1. The number of hydrogen-bond donors (Lipinski definition) is 1. The lowest BCUT2D eigenvalue weighted by atomic mass is 10.2. The first kappa shape index (κ1) is 16.1. The molecule has 2 aromatic carbocycles. The third-order valence-electron chi connectivity index (χ3n) is 3.26. The second-order valence-electron chi connectivity index (χ2n) is 5.00. The zero-order chi connectivity index (χ0) is 16.2. The van der Waals surface area contributed by atoms with Gasteiger partial charge in [-0.05, 0) is 42.0 Å². The Kier molecular flexibility index (Phi) is 5.00. The molecule has 0 unspecified atom stereocenters. The van der Waals surface area contributed by atoms with E-state index in [-0.39, 0.29) is 10.8 Å². The van der Waals surface area contributed by atoms with Crippen LogP contribution in [0, 0.1) is 11.6 Å². The van der Waals surface area contributed by atoms with Gasteiger partial charge in [-0.1, -0.05) is 17.7 Å². The van der Waals surface area contributed by atoms with Gasteiger partial charge >= 0.3 is 0 Å². The van der Waals surface area contributed by atoms with Crippen LogP contribution in [-0.2, 0) is 13.1 Å². The molecule has 0 amide bonds. The van der Waals surface area contributed by atoms with E-state index >= 15 is 0 Å². The summed E-state index contributed by atoms with van der Waals surface area (Å²) in [5.74, 6) is -0.677. The van der Waals surface area contributed by atoms with Crippen LogP contribution in [0.4, 0.5) is 8.78 Å². The normalized spacial score (nSPS) is 10.9. The minimum atomic E-state index is -0.418. The molecule has 2 nitrogen and oxygen atoms in total. The molecule has 0 aliphatic rings. The maximum absolute atomic E-state index is 13.1. The van der Waals surface area contributed by atoms with E-state index < -0.39 is 5.82 Å². The summed E-state index contributed by atoms with van der Waals surface area (Å²) in [6.45, 7) is 1.16. The molecule has 3 rings (SSSR count). The first-order valence-electron chi connectivity index (χ1n) is 6.97. The molecule has 0 fully saturated rings. The van der Waals surface area contributed by atoms with Crippen molar-refractivity contribution in [3.8, 4) is 10.6 Å². The maximum Gasteiger partial charge on any atom is 0.141 e. The number of halogens is 3. The Bertz CT molecular complexity index is 803. The first-order chi connectivity index (χ1) is 11.1. The van der Waals surface area contributed by atoms with Crippen LogP contribution in [0.2, 0.25) is 5.02 Å². The van der Waals surface area contributed by atoms with Crippen LogP contribution in [0.1, 0.15) is 11.3 Å². The summed E-state index contributed by atoms with van der Waals surface area (Å²) in [6.07, 6.45) is 0. The molecule has 0 atom stereocenters. The highest BCUT2D eigenvalue weighted by molar-refractivity contribution is 7.13. The van der Waals surface area contributed by atoms with E-state index in [1.807, 2.05) is 5.38 Å². The van der Waals surface area contributed by atoms with Crippen LogP contribution in [0.5, 0.6) is 0 Å². The van der Waals surface area contributed by atoms with Crippen LogP contribution in [0.15, 0.2) is 47.8 Å². The van der Waals surface area contributed by atoms with Crippen LogP contribution < -0.4 is 5.32 Å². The average Bonchev–Trinajstić information content (AvgIpc) is 3.00. The zero-order valence-corrected chi connectivity index (χ0v) is 13.6. The molecule has 0 spiro atoms. The van der Waals surface area contributed by atoms with Crippen molar-refractivity contribution in [2.75, 3.05) is 0 Å². The smallest absolute Gasteiger partial charge is 0.141 e. The van der Waals surface area contributed by atoms with Crippen molar-refractivity contribution in [1.82, 2.24) is 10.3 Å². The fourth-order valence-electron chi connectivity index (χ4n) is 2.10. The van der Waals surface area contributed by atoms with Gasteiger partial charge < -0.3 is 5.32 Å². The van der Waals surface area contributed by atoms with E-state index in [1.165, 1.54) is 29.5 Å². The van der Waals surface area contributed by atoms with Gasteiger partial charge in [0, 0.05) is 24.0 Å². The molecule has 0 aliphatic heterocycles. The lowest BCUT2D eigenvalue weighted by Gasteiger charge is -2.04. The number of aromatic nitrogens is 1. The lowest BCUT2D eigenvalue weighted by Crippen LogP contribution is -2.12. The number of benzene rings is 2. The molecular formula is C17H13ClF2N2S. The standard InChI is InChI=1S/C17H13ClF2N2S/c18-15-7-11(1-6-16(15)20)8-21-9-14-10-23-17(22-14)12-2-4-13(19)5-3-12/h1-7,10,21H,8-9H2. The Labute approximate surface area is 141 Å². The lowest BCUT2D eigenvalue weighted by molar-refractivity contribution is 0.625. The summed E-state index contributed by atoms with van der Waals surface area (Å²) in [7, 11) is 0. The molecule has 0 aliphatic carbocycles. The molecule has 0 saturated heterocycles. The van der Waals surface area contributed by atoms with Gasteiger partial charge in [-0.15, -0.1) is 11.3 Å². The number of hydrogen-bond acceptors (Lipinski definition) is 3. The molecule has 0 bridgehead atoms. The summed E-state index contributed by atoms with van der Waals surface area (Å²) in [6, 6.07) is 10.9. The van der Waals surface area contributed by atoms with Crippen molar-refractivity contribution in [3.05, 3.63) is 75.8 Å². The quantitative estimate of drug-likeness (QED) is 0.698. The highest BCUT2D eigenvalue weighted by Crippen LogP contribution is 2.24. The molecule has 0 saturated carbocycles. The predicted molar refractivity (Wildman–Crippen MR) is 89.5 cm³/mol. The number of rotatable bonds is 5. The van der Waals surface area contributed by atoms with E-state index in [1.54, 1.807) is 24.3 Å². The Hall–Kier alpha value is -1.82. The van der Waals surface area contributed by atoms with Gasteiger partial charge in [0.15, 0.2) is 0 Å². The van der Waals surface area contributed by atoms with Crippen molar-refractivity contribution < 1.29 is 8.78 Å². The first-order valence-corrected chi connectivity index (χ1v) is 8.22. The zero-order valence-electron chi connectivity index (χ0n) is 12.0. The van der Waals surface area contributed by atoms with Crippen molar-refractivity contribution in [3.63, 3.8) is 0 Å². The van der Waals surface area contributed by atoms with Crippen LogP contribution in [-0.4, -0.2) is 4.98 Å². The Balaban J connectivity index is 1.59. The second kappa shape index (κ2) is 7.17. The van der Waals surface area contributed by atoms with Crippen LogP contribution in [0.3, 0.4) is 0 Å². The number of nitrogens with one attached hydrogen (secondary N) is 1. The monoisotopic (exact) mass is 350 g/mol. The van der Waals surface area contributed by atoms with Crippen LogP contribution >= 0.6 is 22.9 Å². The van der Waals surface area contributed by atoms with Gasteiger partial charge in [0.25, 0.3) is 0 Å². The Morgan fingerprint density at radius 2 is 1.83 bits per heavy atom. The predicted octanol–water partition coefficient (Wildman–Crippen LogP) is 5.03. The minimum absolute atomic E-state index is 0.122. The minimum Gasteiger partial charge on any atom is -0.307 e. The molecule has 1 aromatic heterocycles. The van der Waals surface area contributed by atoms with Gasteiger partial charge in [-0.25, -0.2) is 13.8 Å². The fourth-order valence-corrected chi connectivity index (χ4v) is 3.13. The van der Waals surface area contributed by atoms with Crippen molar-refractivity contribution in [2.24, 2.45) is 0 Å². The summed E-state index contributed by atoms with van der Waals surface area (Å²) in [5.41, 5.74) is 2.71. The fraction of sp³-hybridized carbons (Fsp3) is 0.118. The molecule has 0 radical (unpaired) electrons.